The molecule has 0 radical (unpaired) electrons. The van der Waals surface area contributed by atoms with Gasteiger partial charge in [-0.3, -0.25) is 0 Å². The Hall–Kier alpha value is 0.01000. The first-order chi connectivity index (χ1) is 9.60. The minimum absolute atomic E-state index is 0.670. The van der Waals surface area contributed by atoms with Gasteiger partial charge in [0, 0.05) is 20.7 Å². The maximum absolute atomic E-state index is 3.70. The molecule has 1 fully saturated rings. The van der Waals surface area contributed by atoms with Crippen molar-refractivity contribution in [2.45, 2.75) is 56.2 Å². The molecule has 0 heterocycles. The molecule has 3 unspecified atom stereocenters. The predicted octanol–water partition coefficient (Wildman–Crippen LogP) is 5.34. The Morgan fingerprint density at radius 2 is 1.95 bits per heavy atom. The van der Waals surface area contributed by atoms with Gasteiger partial charge in [0.1, 0.15) is 0 Å². The molecule has 1 aliphatic carbocycles. The van der Waals surface area contributed by atoms with E-state index in [1.807, 2.05) is 0 Å². The number of halogens is 1. The highest BCUT2D eigenvalue weighted by Gasteiger charge is 2.31. The van der Waals surface area contributed by atoms with E-state index in [0.29, 0.717) is 11.3 Å². The van der Waals surface area contributed by atoms with Crippen molar-refractivity contribution in [3.8, 4) is 0 Å². The van der Waals surface area contributed by atoms with E-state index in [2.05, 4.69) is 78.0 Å². The molecule has 1 aromatic carbocycles. The van der Waals surface area contributed by atoms with Crippen LogP contribution >= 0.6 is 27.7 Å². The third kappa shape index (κ3) is 4.51. The van der Waals surface area contributed by atoms with Gasteiger partial charge in [0.2, 0.25) is 0 Å². The van der Waals surface area contributed by atoms with E-state index >= 15 is 0 Å². The molecule has 0 saturated heterocycles. The molecule has 1 aromatic rings. The number of nitrogens with one attached hydrogen (secondary N) is 1. The molecule has 112 valence electrons. The summed E-state index contributed by atoms with van der Waals surface area (Å²) in [5, 5.41) is 4.40. The van der Waals surface area contributed by atoms with Crippen LogP contribution in [-0.4, -0.2) is 17.8 Å². The van der Waals surface area contributed by atoms with Crippen molar-refractivity contribution in [2.75, 3.05) is 6.54 Å². The molecule has 1 saturated carbocycles. The van der Waals surface area contributed by atoms with E-state index in [9.17, 15) is 0 Å². The number of rotatable bonds is 5. The highest BCUT2D eigenvalue weighted by Crippen LogP contribution is 2.39. The quantitative estimate of drug-likeness (QED) is 0.764. The van der Waals surface area contributed by atoms with Crippen LogP contribution in [0.3, 0.4) is 0 Å². The van der Waals surface area contributed by atoms with Gasteiger partial charge in [-0.25, -0.2) is 0 Å². The van der Waals surface area contributed by atoms with Crippen LogP contribution in [0.4, 0.5) is 0 Å². The summed E-state index contributed by atoms with van der Waals surface area (Å²) in [6.07, 6.45) is 4.05. The van der Waals surface area contributed by atoms with Crippen molar-refractivity contribution in [2.24, 2.45) is 11.8 Å². The Morgan fingerprint density at radius 1 is 1.25 bits per heavy atom. The molecule has 3 heteroatoms. The first kappa shape index (κ1) is 16.4. The van der Waals surface area contributed by atoms with E-state index in [1.165, 1.54) is 24.2 Å². The highest BCUT2D eigenvalue weighted by atomic mass is 79.9. The van der Waals surface area contributed by atoms with Gasteiger partial charge in [-0.15, -0.1) is 11.8 Å². The Balaban J connectivity index is 2.04. The van der Waals surface area contributed by atoms with Crippen molar-refractivity contribution in [1.82, 2.24) is 5.32 Å². The summed E-state index contributed by atoms with van der Waals surface area (Å²) in [7, 11) is 0. The maximum Gasteiger partial charge on any atom is 0.0251 e. The number of hydrogen-bond acceptors (Lipinski definition) is 2. The molecule has 0 aliphatic heterocycles. The van der Waals surface area contributed by atoms with E-state index < -0.39 is 0 Å². The first-order valence-electron chi connectivity index (χ1n) is 7.75. The maximum atomic E-state index is 3.70. The van der Waals surface area contributed by atoms with Crippen LogP contribution in [0.15, 0.2) is 33.6 Å². The summed E-state index contributed by atoms with van der Waals surface area (Å²) in [4.78, 5) is 1.39. The van der Waals surface area contributed by atoms with Crippen molar-refractivity contribution < 1.29 is 0 Å². The molecule has 20 heavy (non-hydrogen) atoms. The third-order valence-corrected chi connectivity index (χ3v) is 6.24. The van der Waals surface area contributed by atoms with Crippen molar-refractivity contribution in [3.63, 3.8) is 0 Å². The minimum atomic E-state index is 0.670. The largest absolute Gasteiger partial charge is 0.313 e. The fourth-order valence-corrected chi connectivity index (χ4v) is 4.73. The first-order valence-corrected chi connectivity index (χ1v) is 9.43. The van der Waals surface area contributed by atoms with Crippen molar-refractivity contribution in [1.29, 1.82) is 0 Å². The topological polar surface area (TPSA) is 12.0 Å². The molecule has 1 aliphatic rings. The van der Waals surface area contributed by atoms with Crippen LogP contribution in [0.25, 0.3) is 0 Å². The molecule has 0 amide bonds. The fraction of sp³-hybridized carbons (Fsp3) is 0.647. The van der Waals surface area contributed by atoms with E-state index in [4.69, 9.17) is 0 Å². The van der Waals surface area contributed by atoms with E-state index in [-0.39, 0.29) is 0 Å². The standard InChI is InChI=1S/C17H26BrNS/c1-4-19-16-10-5-13(12(2)3)11-17(16)20-15-8-6-14(18)7-9-15/h6-9,12-13,16-17,19H,4-5,10-11H2,1-3H3. The second-order valence-corrected chi connectivity index (χ2v) is 8.32. The van der Waals surface area contributed by atoms with Crippen molar-refractivity contribution >= 4 is 27.7 Å². The van der Waals surface area contributed by atoms with Gasteiger partial charge in [0.25, 0.3) is 0 Å². The summed E-state index contributed by atoms with van der Waals surface area (Å²) in [5.74, 6) is 1.70. The van der Waals surface area contributed by atoms with Gasteiger partial charge in [0.05, 0.1) is 0 Å². The second kappa shape index (κ2) is 7.86. The average molecular weight is 356 g/mol. The lowest BCUT2D eigenvalue weighted by Crippen LogP contribution is -2.43. The number of benzene rings is 1. The molecule has 0 bridgehead atoms. The third-order valence-electron chi connectivity index (χ3n) is 4.34. The predicted molar refractivity (Wildman–Crippen MR) is 93.4 cm³/mol. The highest BCUT2D eigenvalue weighted by molar-refractivity contribution is 9.10. The zero-order chi connectivity index (χ0) is 14.5. The van der Waals surface area contributed by atoms with Crippen LogP contribution < -0.4 is 5.32 Å². The normalized spacial score (nSPS) is 26.9. The summed E-state index contributed by atoms with van der Waals surface area (Å²) in [6, 6.07) is 9.43. The summed E-state index contributed by atoms with van der Waals surface area (Å²) in [6.45, 7) is 8.05. The lowest BCUT2D eigenvalue weighted by molar-refractivity contribution is 0.247. The van der Waals surface area contributed by atoms with Gasteiger partial charge in [0.15, 0.2) is 0 Å². The molecule has 2 rings (SSSR count). The summed E-state index contributed by atoms with van der Waals surface area (Å²) < 4.78 is 1.16. The van der Waals surface area contributed by atoms with Gasteiger partial charge in [-0.05, 0) is 61.9 Å². The lowest BCUT2D eigenvalue weighted by Gasteiger charge is -2.38. The zero-order valence-electron chi connectivity index (χ0n) is 12.7. The Kier molecular flexibility index (Phi) is 6.44. The minimum Gasteiger partial charge on any atom is -0.313 e. The molecule has 1 N–H and O–H groups in total. The average Bonchev–Trinajstić information content (AvgIpc) is 2.43. The second-order valence-electron chi connectivity index (χ2n) is 6.09. The Morgan fingerprint density at radius 3 is 2.55 bits per heavy atom. The fourth-order valence-electron chi connectivity index (χ4n) is 3.08. The molecular formula is C17H26BrNS. The van der Waals surface area contributed by atoms with Crippen LogP contribution in [0.1, 0.15) is 40.0 Å². The monoisotopic (exact) mass is 355 g/mol. The number of thioether (sulfide) groups is 1. The molecule has 0 aromatic heterocycles. The van der Waals surface area contributed by atoms with Gasteiger partial charge < -0.3 is 5.32 Å². The van der Waals surface area contributed by atoms with E-state index in [1.54, 1.807) is 0 Å². The van der Waals surface area contributed by atoms with E-state index in [0.717, 1.165) is 22.9 Å². The Labute approximate surface area is 136 Å². The van der Waals surface area contributed by atoms with Gasteiger partial charge in [-0.2, -0.15) is 0 Å². The van der Waals surface area contributed by atoms with Gasteiger partial charge >= 0.3 is 0 Å². The molecule has 0 spiro atoms. The Bertz CT molecular complexity index is 404. The summed E-state index contributed by atoms with van der Waals surface area (Å²) >= 11 is 5.57. The van der Waals surface area contributed by atoms with Crippen LogP contribution in [0.5, 0.6) is 0 Å². The smallest absolute Gasteiger partial charge is 0.0251 e. The van der Waals surface area contributed by atoms with Crippen molar-refractivity contribution in [3.05, 3.63) is 28.7 Å². The van der Waals surface area contributed by atoms with Crippen LogP contribution in [0, 0.1) is 11.8 Å². The number of hydrogen-bond donors (Lipinski definition) is 1. The molecular weight excluding hydrogens is 330 g/mol. The molecule has 1 nitrogen and oxygen atoms in total. The SMILES string of the molecule is CCNC1CCC(C(C)C)CC1Sc1ccc(Br)cc1. The molecule has 3 atom stereocenters. The lowest BCUT2D eigenvalue weighted by atomic mass is 9.79. The summed E-state index contributed by atoms with van der Waals surface area (Å²) in [5.41, 5.74) is 0. The zero-order valence-corrected chi connectivity index (χ0v) is 15.1. The van der Waals surface area contributed by atoms with Crippen LogP contribution in [-0.2, 0) is 0 Å². The van der Waals surface area contributed by atoms with Crippen LogP contribution in [0.2, 0.25) is 0 Å². The van der Waals surface area contributed by atoms with Gasteiger partial charge in [-0.1, -0.05) is 36.7 Å².